The van der Waals surface area contributed by atoms with E-state index in [0.29, 0.717) is 6.54 Å². The lowest BCUT2D eigenvalue weighted by molar-refractivity contribution is 0.0857. The zero-order valence-electron chi connectivity index (χ0n) is 9.19. The first kappa shape index (κ1) is 14.3. The summed E-state index contributed by atoms with van der Waals surface area (Å²) >= 11 is 3.27. The molecule has 0 amide bonds. The molecule has 0 atom stereocenters. The highest BCUT2D eigenvalue weighted by Gasteiger charge is 2.15. The summed E-state index contributed by atoms with van der Waals surface area (Å²) in [6.07, 6.45) is -1.28. The van der Waals surface area contributed by atoms with Crippen LogP contribution in [-0.4, -0.2) is 36.3 Å². The summed E-state index contributed by atoms with van der Waals surface area (Å²) in [5.41, 5.74) is 0.215. The van der Waals surface area contributed by atoms with Crippen molar-refractivity contribution < 1.29 is 8.78 Å². The summed E-state index contributed by atoms with van der Waals surface area (Å²) in [6.45, 7) is 7.71. The number of hydrogen-bond donors (Lipinski definition) is 0. The largest absolute Gasteiger partial charge is 0.297 e. The highest BCUT2D eigenvalue weighted by molar-refractivity contribution is 9.09. The minimum Gasteiger partial charge on any atom is -0.297 e. The molecular formula is C10H20BrF2N. The molecule has 0 spiro atoms. The van der Waals surface area contributed by atoms with Gasteiger partial charge in [-0.3, -0.25) is 4.90 Å². The zero-order chi connectivity index (χ0) is 11.2. The van der Waals surface area contributed by atoms with Gasteiger partial charge in [0.25, 0.3) is 6.43 Å². The van der Waals surface area contributed by atoms with Crippen molar-refractivity contribution >= 4 is 15.9 Å². The van der Waals surface area contributed by atoms with Crippen LogP contribution in [0.2, 0.25) is 0 Å². The Morgan fingerprint density at radius 3 is 2.14 bits per heavy atom. The van der Waals surface area contributed by atoms with Crippen LogP contribution < -0.4 is 0 Å². The molecule has 0 bridgehead atoms. The van der Waals surface area contributed by atoms with Gasteiger partial charge in [-0.2, -0.15) is 0 Å². The molecule has 0 radical (unpaired) electrons. The first-order chi connectivity index (χ1) is 6.35. The van der Waals surface area contributed by atoms with E-state index in [1.807, 2.05) is 4.90 Å². The van der Waals surface area contributed by atoms with Crippen LogP contribution in [0.1, 0.15) is 27.2 Å². The Hall–Kier alpha value is 0.300. The van der Waals surface area contributed by atoms with Gasteiger partial charge in [0.15, 0.2) is 0 Å². The second-order valence-electron chi connectivity index (χ2n) is 4.69. The van der Waals surface area contributed by atoms with Crippen molar-refractivity contribution in [3.8, 4) is 0 Å². The van der Waals surface area contributed by atoms with Gasteiger partial charge < -0.3 is 0 Å². The van der Waals surface area contributed by atoms with Gasteiger partial charge in [0, 0.05) is 11.9 Å². The second-order valence-corrected chi connectivity index (χ2v) is 5.48. The van der Waals surface area contributed by atoms with Crippen LogP contribution in [0.25, 0.3) is 0 Å². The molecule has 4 heteroatoms. The van der Waals surface area contributed by atoms with E-state index in [1.165, 1.54) is 0 Å². The van der Waals surface area contributed by atoms with Crippen molar-refractivity contribution in [1.82, 2.24) is 4.90 Å². The van der Waals surface area contributed by atoms with Gasteiger partial charge in [0.1, 0.15) is 0 Å². The van der Waals surface area contributed by atoms with Crippen LogP contribution in [0.3, 0.4) is 0 Å². The minimum atomic E-state index is -2.23. The van der Waals surface area contributed by atoms with Crippen LogP contribution in [0.5, 0.6) is 0 Å². The molecule has 0 heterocycles. The summed E-state index contributed by atoms with van der Waals surface area (Å²) in [4.78, 5) is 1.81. The van der Waals surface area contributed by atoms with Crippen molar-refractivity contribution in [2.24, 2.45) is 5.41 Å². The van der Waals surface area contributed by atoms with E-state index in [9.17, 15) is 8.78 Å². The summed E-state index contributed by atoms with van der Waals surface area (Å²) in [7, 11) is 0. The molecule has 0 saturated carbocycles. The monoisotopic (exact) mass is 271 g/mol. The fourth-order valence-corrected chi connectivity index (χ4v) is 1.60. The number of hydrogen-bond acceptors (Lipinski definition) is 1. The second kappa shape index (κ2) is 6.72. The normalized spacial score (nSPS) is 12.9. The average Bonchev–Trinajstić information content (AvgIpc) is 1.98. The van der Waals surface area contributed by atoms with Crippen molar-refractivity contribution in [2.45, 2.75) is 33.6 Å². The molecule has 0 aliphatic rings. The fourth-order valence-electron chi connectivity index (χ4n) is 1.10. The molecular weight excluding hydrogens is 252 g/mol. The molecule has 14 heavy (non-hydrogen) atoms. The molecule has 0 unspecified atom stereocenters. The van der Waals surface area contributed by atoms with Crippen LogP contribution in [0.4, 0.5) is 8.78 Å². The van der Waals surface area contributed by atoms with E-state index < -0.39 is 6.43 Å². The Labute approximate surface area is 94.0 Å². The van der Waals surface area contributed by atoms with E-state index in [1.54, 1.807) is 0 Å². The van der Waals surface area contributed by atoms with Gasteiger partial charge in [0.05, 0.1) is 6.54 Å². The lowest BCUT2D eigenvalue weighted by atomic mass is 9.92. The van der Waals surface area contributed by atoms with Crippen molar-refractivity contribution in [3.63, 3.8) is 0 Å². The maximum atomic E-state index is 12.2. The highest BCUT2D eigenvalue weighted by Crippen LogP contribution is 2.19. The Bertz CT molecular complexity index is 146. The molecule has 0 aromatic rings. The minimum absolute atomic E-state index is 0.109. The third-order valence-electron chi connectivity index (χ3n) is 1.97. The van der Waals surface area contributed by atoms with Crippen LogP contribution >= 0.6 is 15.9 Å². The third-order valence-corrected chi connectivity index (χ3v) is 2.33. The molecule has 0 fully saturated rings. The van der Waals surface area contributed by atoms with Gasteiger partial charge >= 0.3 is 0 Å². The lowest BCUT2D eigenvalue weighted by Gasteiger charge is -2.25. The molecule has 0 aliphatic heterocycles. The SMILES string of the molecule is CC(C)(C)CCN(CCBr)CC(F)F. The topological polar surface area (TPSA) is 3.24 Å². The molecule has 0 aliphatic carbocycles. The average molecular weight is 272 g/mol. The van der Waals surface area contributed by atoms with Crippen molar-refractivity contribution in [3.05, 3.63) is 0 Å². The van der Waals surface area contributed by atoms with Gasteiger partial charge in [-0.05, 0) is 18.4 Å². The van der Waals surface area contributed by atoms with E-state index in [-0.39, 0.29) is 12.0 Å². The van der Waals surface area contributed by atoms with Crippen molar-refractivity contribution in [1.29, 1.82) is 0 Å². The van der Waals surface area contributed by atoms with E-state index in [2.05, 4.69) is 36.7 Å². The lowest BCUT2D eigenvalue weighted by Crippen LogP contribution is -2.33. The number of nitrogens with zero attached hydrogens (tertiary/aromatic N) is 1. The summed E-state index contributed by atoms with van der Waals surface area (Å²) in [5.74, 6) is 0. The predicted octanol–water partition coefficient (Wildman–Crippen LogP) is 3.38. The highest BCUT2D eigenvalue weighted by atomic mass is 79.9. The molecule has 0 aromatic carbocycles. The number of halogens is 3. The maximum absolute atomic E-state index is 12.2. The number of alkyl halides is 3. The summed E-state index contributed by atoms with van der Waals surface area (Å²) in [5, 5.41) is 0.754. The zero-order valence-corrected chi connectivity index (χ0v) is 10.8. The smallest absolute Gasteiger partial charge is 0.251 e. The van der Waals surface area contributed by atoms with Crippen molar-refractivity contribution in [2.75, 3.05) is 25.0 Å². The fraction of sp³-hybridized carbons (Fsp3) is 1.00. The summed E-state index contributed by atoms with van der Waals surface area (Å²) in [6, 6.07) is 0. The Morgan fingerprint density at radius 1 is 1.21 bits per heavy atom. The molecule has 1 nitrogen and oxygen atoms in total. The van der Waals surface area contributed by atoms with E-state index >= 15 is 0 Å². The molecule has 86 valence electrons. The first-order valence-electron chi connectivity index (χ1n) is 4.91. The van der Waals surface area contributed by atoms with Gasteiger partial charge in [-0.1, -0.05) is 36.7 Å². The quantitative estimate of drug-likeness (QED) is 0.670. The number of rotatable bonds is 6. The van der Waals surface area contributed by atoms with E-state index in [4.69, 9.17) is 0 Å². The third kappa shape index (κ3) is 8.88. The molecule has 0 rings (SSSR count). The predicted molar refractivity (Wildman–Crippen MR) is 60.3 cm³/mol. The van der Waals surface area contributed by atoms with Gasteiger partial charge in [0.2, 0.25) is 0 Å². The molecule has 0 N–H and O–H groups in total. The standard InChI is InChI=1S/C10H20BrF2N/c1-10(2,3)4-6-14(7-5-11)8-9(12)13/h9H,4-8H2,1-3H3. The maximum Gasteiger partial charge on any atom is 0.251 e. The Morgan fingerprint density at radius 2 is 1.79 bits per heavy atom. The Balaban J connectivity index is 3.84. The van der Waals surface area contributed by atoms with Crippen LogP contribution in [0, 0.1) is 5.41 Å². The van der Waals surface area contributed by atoms with Crippen LogP contribution in [-0.2, 0) is 0 Å². The molecule has 0 saturated heterocycles. The van der Waals surface area contributed by atoms with Crippen LogP contribution in [0.15, 0.2) is 0 Å². The van der Waals surface area contributed by atoms with Gasteiger partial charge in [-0.15, -0.1) is 0 Å². The van der Waals surface area contributed by atoms with E-state index in [0.717, 1.165) is 18.3 Å². The summed E-state index contributed by atoms with van der Waals surface area (Å²) < 4.78 is 24.3. The first-order valence-corrected chi connectivity index (χ1v) is 6.04. The Kier molecular flexibility index (Phi) is 6.87. The molecule has 0 aromatic heterocycles. The van der Waals surface area contributed by atoms with Gasteiger partial charge in [-0.25, -0.2) is 8.78 Å².